The van der Waals surface area contributed by atoms with Crippen molar-refractivity contribution in [3.8, 4) is 5.75 Å². The van der Waals surface area contributed by atoms with Gasteiger partial charge < -0.3 is 36.0 Å². The van der Waals surface area contributed by atoms with Gasteiger partial charge in [-0.2, -0.15) is 0 Å². The Kier molecular flexibility index (Phi) is 4.88. The van der Waals surface area contributed by atoms with E-state index in [4.69, 9.17) is 5.73 Å². The lowest BCUT2D eigenvalue weighted by molar-refractivity contribution is -0.160. The lowest BCUT2D eigenvalue weighted by Gasteiger charge is -2.50. The summed E-state index contributed by atoms with van der Waals surface area (Å²) < 4.78 is 4.60. The van der Waals surface area contributed by atoms with Crippen molar-refractivity contribution in [1.29, 1.82) is 0 Å². The predicted molar refractivity (Wildman–Crippen MR) is 109 cm³/mol. The van der Waals surface area contributed by atoms with Gasteiger partial charge >= 0.3 is 5.97 Å². The maximum absolute atomic E-state index is 13.5. The van der Waals surface area contributed by atoms with Crippen molar-refractivity contribution in [2.75, 3.05) is 7.11 Å². The number of fused-ring (bicyclic) bond motifs is 3. The van der Waals surface area contributed by atoms with Crippen LogP contribution in [-0.2, 0) is 19.1 Å². The molecule has 1 aromatic rings. The van der Waals surface area contributed by atoms with E-state index in [1.807, 2.05) is 0 Å². The number of rotatable bonds is 2. The molecule has 11 heteroatoms. The fourth-order valence-electron chi connectivity index (χ4n) is 5.27. The van der Waals surface area contributed by atoms with Crippen LogP contribution < -0.4 is 5.73 Å². The van der Waals surface area contributed by atoms with E-state index in [1.165, 1.54) is 12.1 Å². The molecule has 3 aliphatic rings. The number of phenols is 1. The number of benzene rings is 1. The van der Waals surface area contributed by atoms with Gasteiger partial charge in [0, 0.05) is 23.8 Å². The average Bonchev–Trinajstić information content (AvgIpc) is 2.75. The number of carbonyl (C=O) groups is 4. The van der Waals surface area contributed by atoms with Gasteiger partial charge in [-0.1, -0.05) is 13.0 Å². The minimum Gasteiger partial charge on any atom is -0.508 e. The van der Waals surface area contributed by atoms with E-state index in [0.29, 0.717) is 5.56 Å². The maximum atomic E-state index is 13.5. The van der Waals surface area contributed by atoms with E-state index in [2.05, 4.69) is 4.74 Å². The van der Waals surface area contributed by atoms with Crippen LogP contribution in [0.5, 0.6) is 5.75 Å². The first-order valence-corrected chi connectivity index (χ1v) is 9.99. The minimum absolute atomic E-state index is 0.273. The maximum Gasteiger partial charge on any atom is 0.341 e. The number of primary amides is 1. The predicted octanol–water partition coefficient (Wildman–Crippen LogP) is -0.258. The lowest BCUT2D eigenvalue weighted by atomic mass is 9.55. The molecule has 4 rings (SSSR count). The van der Waals surface area contributed by atoms with Gasteiger partial charge in [-0.15, -0.1) is 0 Å². The van der Waals surface area contributed by atoms with E-state index < -0.39 is 87.7 Å². The highest BCUT2D eigenvalue weighted by Crippen LogP contribution is 2.55. The van der Waals surface area contributed by atoms with Gasteiger partial charge in [-0.3, -0.25) is 14.4 Å². The van der Waals surface area contributed by atoms with Gasteiger partial charge in [-0.25, -0.2) is 4.79 Å². The topological polar surface area (TPSA) is 205 Å². The number of aromatic hydroxyl groups is 1. The Labute approximate surface area is 186 Å². The van der Waals surface area contributed by atoms with Gasteiger partial charge in [0.15, 0.2) is 11.4 Å². The van der Waals surface area contributed by atoms with Crippen molar-refractivity contribution in [2.45, 2.75) is 31.0 Å². The Morgan fingerprint density at radius 2 is 1.82 bits per heavy atom. The molecule has 1 saturated carbocycles. The Morgan fingerprint density at radius 3 is 2.39 bits per heavy atom. The molecular formula is C22H21NO10. The van der Waals surface area contributed by atoms with Crippen LogP contribution in [0.2, 0.25) is 0 Å². The highest BCUT2D eigenvalue weighted by molar-refractivity contribution is 6.23. The van der Waals surface area contributed by atoms with E-state index >= 15 is 0 Å². The number of nitrogens with two attached hydrogens (primary N) is 1. The average molecular weight is 459 g/mol. The number of esters is 1. The largest absolute Gasteiger partial charge is 0.508 e. The van der Waals surface area contributed by atoms with E-state index in [9.17, 15) is 44.7 Å². The van der Waals surface area contributed by atoms with Crippen molar-refractivity contribution in [3.05, 3.63) is 45.7 Å². The molecule has 3 unspecified atom stereocenters. The number of hydrogen-bond acceptors (Lipinski definition) is 10. The van der Waals surface area contributed by atoms with E-state index in [0.717, 1.165) is 7.11 Å². The lowest BCUT2D eigenvalue weighted by Crippen LogP contribution is -2.63. The monoisotopic (exact) mass is 459 g/mol. The Bertz CT molecular complexity index is 1210. The summed E-state index contributed by atoms with van der Waals surface area (Å²) >= 11 is 0. The number of phenolic OH excluding ortho intramolecular Hbond substituents is 1. The first kappa shape index (κ1) is 22.5. The molecule has 1 fully saturated rings. The summed E-state index contributed by atoms with van der Waals surface area (Å²) in [6.07, 6.45) is -2.27. The summed E-state index contributed by atoms with van der Waals surface area (Å²) in [5, 5.41) is 54.6. The molecule has 11 nitrogen and oxygen atoms in total. The third-order valence-electron chi connectivity index (χ3n) is 6.91. The number of carbonyl (C=O) groups excluding carboxylic acids is 4. The third kappa shape index (κ3) is 2.69. The molecule has 0 aliphatic heterocycles. The second-order valence-corrected chi connectivity index (χ2v) is 8.40. The second kappa shape index (κ2) is 7.15. The quantitative estimate of drug-likeness (QED) is 0.252. The van der Waals surface area contributed by atoms with Crippen LogP contribution in [-0.4, -0.2) is 67.8 Å². The van der Waals surface area contributed by atoms with Crippen molar-refractivity contribution >= 4 is 29.2 Å². The minimum atomic E-state index is -2.91. The SMILES string of the molecule is COC(=O)c1ccc2c(c1O)C(O)=C1C(=O)C3(O)C(O)=C(C(N)=O)C(=O)CC3[C@@H](O)C1[C@H]2C. The molecule has 1 aromatic carbocycles. The number of methoxy groups -OCH3 is 1. The van der Waals surface area contributed by atoms with Crippen molar-refractivity contribution in [2.24, 2.45) is 17.6 Å². The molecule has 1 amide bonds. The fourth-order valence-corrected chi connectivity index (χ4v) is 5.27. The van der Waals surface area contributed by atoms with Gasteiger partial charge in [0.25, 0.3) is 5.91 Å². The molecule has 0 radical (unpaired) electrons. The smallest absolute Gasteiger partial charge is 0.341 e. The molecule has 174 valence electrons. The molecule has 0 aromatic heterocycles. The molecular weight excluding hydrogens is 438 g/mol. The standard InChI is InChI=1S/C22H21NO10/c1-6-7-3-4-8(21(31)33-2)15(25)12(7)17(27)14-11(6)16(26)9-5-10(24)13(20(23)30)18(28)22(9,32)19(14)29/h3-4,6,9,11,16,25-28,32H,5H2,1-2H3,(H2,23,30)/t6-,9?,11?,16+,22?/m0/s1. The number of aliphatic hydroxyl groups is 4. The zero-order valence-electron chi connectivity index (χ0n) is 17.5. The summed E-state index contributed by atoms with van der Waals surface area (Å²) in [6.45, 7) is 1.59. The Morgan fingerprint density at radius 1 is 1.18 bits per heavy atom. The van der Waals surface area contributed by atoms with Gasteiger partial charge in [0.1, 0.15) is 28.4 Å². The Hall–Kier alpha value is -3.70. The first-order valence-electron chi connectivity index (χ1n) is 9.99. The summed E-state index contributed by atoms with van der Waals surface area (Å²) in [7, 11) is 1.09. The molecule has 5 atom stereocenters. The molecule has 3 aliphatic carbocycles. The summed E-state index contributed by atoms with van der Waals surface area (Å²) in [5.74, 6) is -10.7. The normalized spacial score (nSPS) is 31.0. The molecule has 0 heterocycles. The summed E-state index contributed by atoms with van der Waals surface area (Å²) in [5.41, 5.74) is 0.455. The number of ether oxygens (including phenoxy) is 1. The van der Waals surface area contributed by atoms with Gasteiger partial charge in [0.2, 0.25) is 5.78 Å². The van der Waals surface area contributed by atoms with Crippen LogP contribution in [0.3, 0.4) is 0 Å². The number of Topliss-reactive ketones (excluding diaryl/α,β-unsaturated/α-hetero) is 2. The van der Waals surface area contributed by atoms with Crippen LogP contribution >= 0.6 is 0 Å². The van der Waals surface area contributed by atoms with Crippen LogP contribution in [0, 0.1) is 11.8 Å². The van der Waals surface area contributed by atoms with Crippen molar-refractivity contribution in [3.63, 3.8) is 0 Å². The number of amides is 1. The number of hydrogen-bond donors (Lipinski definition) is 6. The molecule has 0 saturated heterocycles. The van der Waals surface area contributed by atoms with Crippen LogP contribution in [0.25, 0.3) is 5.76 Å². The highest BCUT2D eigenvalue weighted by Gasteiger charge is 2.64. The van der Waals surface area contributed by atoms with Crippen LogP contribution in [0.1, 0.15) is 40.7 Å². The van der Waals surface area contributed by atoms with Crippen LogP contribution in [0.4, 0.5) is 0 Å². The molecule has 7 N–H and O–H groups in total. The van der Waals surface area contributed by atoms with Crippen molar-refractivity contribution in [1.82, 2.24) is 0 Å². The zero-order valence-corrected chi connectivity index (χ0v) is 17.5. The van der Waals surface area contributed by atoms with Gasteiger partial charge in [0.05, 0.1) is 18.8 Å². The molecule has 0 spiro atoms. The highest BCUT2D eigenvalue weighted by atomic mass is 16.5. The Balaban J connectivity index is 2.01. The first-order chi connectivity index (χ1) is 15.4. The summed E-state index contributed by atoms with van der Waals surface area (Å²) in [6, 6.07) is 2.69. The van der Waals surface area contributed by atoms with E-state index in [-0.39, 0.29) is 11.1 Å². The van der Waals surface area contributed by atoms with Crippen LogP contribution in [0.15, 0.2) is 29.0 Å². The van der Waals surface area contributed by atoms with Gasteiger partial charge in [-0.05, 0) is 17.5 Å². The number of ketones is 2. The summed E-state index contributed by atoms with van der Waals surface area (Å²) in [4.78, 5) is 49.5. The van der Waals surface area contributed by atoms with E-state index in [1.54, 1.807) is 6.92 Å². The molecule has 0 bridgehead atoms. The zero-order chi connectivity index (χ0) is 24.6. The van der Waals surface area contributed by atoms with Crippen molar-refractivity contribution < 1.29 is 49.4 Å². The molecule has 33 heavy (non-hydrogen) atoms. The fraction of sp³-hybridized carbons (Fsp3) is 0.364. The second-order valence-electron chi connectivity index (χ2n) is 8.40. The number of aliphatic hydroxyl groups excluding tert-OH is 3. The third-order valence-corrected chi connectivity index (χ3v) is 6.91.